The van der Waals surface area contributed by atoms with Crippen LogP contribution in [0.25, 0.3) is 0 Å². The van der Waals surface area contributed by atoms with Crippen molar-refractivity contribution in [3.05, 3.63) is 56.2 Å². The van der Waals surface area contributed by atoms with Gasteiger partial charge in [0.25, 0.3) is 5.56 Å². The molecule has 25 heavy (non-hydrogen) atoms. The number of piperidine rings is 1. The van der Waals surface area contributed by atoms with E-state index in [2.05, 4.69) is 6.07 Å². The van der Waals surface area contributed by atoms with E-state index in [0.717, 1.165) is 37.9 Å². The minimum absolute atomic E-state index is 0.151. The summed E-state index contributed by atoms with van der Waals surface area (Å²) in [5, 5.41) is 8.88. The van der Waals surface area contributed by atoms with Crippen LogP contribution in [0.4, 0.5) is 11.5 Å². The maximum Gasteiger partial charge on any atom is 0.332 e. The first kappa shape index (κ1) is 16.8. The monoisotopic (exact) mass is 339 g/mol. The molecule has 0 bridgehead atoms. The van der Waals surface area contributed by atoms with Crippen molar-refractivity contribution in [2.45, 2.75) is 25.8 Å². The molecule has 1 saturated heterocycles. The van der Waals surface area contributed by atoms with E-state index in [-0.39, 0.29) is 17.9 Å². The number of aromatic nitrogens is 2. The highest BCUT2D eigenvalue weighted by Gasteiger charge is 2.22. The zero-order valence-electron chi connectivity index (χ0n) is 14.2. The molecule has 0 aliphatic carbocycles. The molecule has 7 nitrogen and oxygen atoms in total. The Kier molecular flexibility index (Phi) is 4.61. The third kappa shape index (κ3) is 3.15. The van der Waals surface area contributed by atoms with Gasteiger partial charge in [-0.3, -0.25) is 13.9 Å². The highest BCUT2D eigenvalue weighted by molar-refractivity contribution is 5.62. The molecule has 0 atom stereocenters. The maximum absolute atomic E-state index is 13.0. The predicted octanol–water partition coefficient (Wildman–Crippen LogP) is 1.04. The predicted molar refractivity (Wildman–Crippen MR) is 96.7 cm³/mol. The molecular weight excluding hydrogens is 318 g/mol. The van der Waals surface area contributed by atoms with Gasteiger partial charge in [0.1, 0.15) is 11.5 Å². The van der Waals surface area contributed by atoms with E-state index in [4.69, 9.17) is 11.0 Å². The van der Waals surface area contributed by atoms with Crippen LogP contribution >= 0.6 is 0 Å². The van der Waals surface area contributed by atoms with Crippen LogP contribution in [0.5, 0.6) is 0 Å². The molecular formula is C18H21N5O2. The molecule has 130 valence electrons. The first-order chi connectivity index (χ1) is 12.0. The highest BCUT2D eigenvalue weighted by Crippen LogP contribution is 2.21. The number of nitrogens with zero attached hydrogens (tertiary/aromatic N) is 4. The molecule has 0 saturated carbocycles. The number of anilines is 2. The van der Waals surface area contributed by atoms with Crippen LogP contribution in [0.2, 0.25) is 0 Å². The molecule has 1 aliphatic heterocycles. The van der Waals surface area contributed by atoms with Gasteiger partial charge in [-0.2, -0.15) is 5.26 Å². The molecule has 3 rings (SSSR count). The normalized spacial score (nSPS) is 14.3. The Balaban J connectivity index is 2.06. The second-order valence-corrected chi connectivity index (χ2v) is 6.32. The molecule has 0 unspecified atom stereocenters. The zero-order valence-corrected chi connectivity index (χ0v) is 14.2. The molecule has 1 fully saturated rings. The van der Waals surface area contributed by atoms with Gasteiger partial charge >= 0.3 is 5.69 Å². The van der Waals surface area contributed by atoms with Crippen molar-refractivity contribution in [3.63, 3.8) is 0 Å². The molecule has 7 heteroatoms. The molecule has 0 radical (unpaired) electrons. The van der Waals surface area contributed by atoms with Crippen LogP contribution in [0.3, 0.4) is 0 Å². The standard InChI is InChI=1S/C18H21N5O2/c1-21-16(20)15(22-9-3-2-4-10-22)17(24)23(18(21)25)12-14-7-5-13(11-19)6-8-14/h5-8H,2-4,9-10,12,20H2,1H3. The largest absolute Gasteiger partial charge is 0.383 e. The van der Waals surface area contributed by atoms with Crippen LogP contribution in [-0.4, -0.2) is 22.2 Å². The molecule has 2 aromatic rings. The Labute approximate surface area is 145 Å². The molecule has 0 spiro atoms. The number of rotatable bonds is 3. The van der Waals surface area contributed by atoms with Gasteiger partial charge in [-0.15, -0.1) is 0 Å². The zero-order chi connectivity index (χ0) is 18.0. The summed E-state index contributed by atoms with van der Waals surface area (Å²) in [6, 6.07) is 8.90. The van der Waals surface area contributed by atoms with Crippen LogP contribution in [-0.2, 0) is 13.6 Å². The number of nitrogen functional groups attached to an aromatic ring is 1. The fraction of sp³-hybridized carbons (Fsp3) is 0.389. The van der Waals surface area contributed by atoms with Crippen molar-refractivity contribution in [2.24, 2.45) is 7.05 Å². The van der Waals surface area contributed by atoms with Gasteiger partial charge in [0.2, 0.25) is 0 Å². The number of nitriles is 1. The Hall–Kier alpha value is -3.01. The second kappa shape index (κ2) is 6.85. The van der Waals surface area contributed by atoms with Gasteiger partial charge in [0.15, 0.2) is 0 Å². The van der Waals surface area contributed by atoms with E-state index in [1.165, 1.54) is 9.13 Å². The van der Waals surface area contributed by atoms with E-state index < -0.39 is 5.69 Å². The fourth-order valence-corrected chi connectivity index (χ4v) is 3.19. The Morgan fingerprint density at radius 2 is 1.76 bits per heavy atom. The van der Waals surface area contributed by atoms with Crippen molar-refractivity contribution < 1.29 is 0 Å². The summed E-state index contributed by atoms with van der Waals surface area (Å²) in [6.07, 6.45) is 3.16. The first-order valence-electron chi connectivity index (χ1n) is 8.36. The molecule has 2 heterocycles. The number of hydrogen-bond acceptors (Lipinski definition) is 5. The number of benzene rings is 1. The van der Waals surface area contributed by atoms with Crippen LogP contribution < -0.4 is 21.9 Å². The lowest BCUT2D eigenvalue weighted by Gasteiger charge is -2.30. The van der Waals surface area contributed by atoms with Gasteiger partial charge in [-0.05, 0) is 37.0 Å². The Bertz CT molecular complexity index is 928. The minimum Gasteiger partial charge on any atom is -0.383 e. The van der Waals surface area contributed by atoms with Gasteiger partial charge in [-0.1, -0.05) is 12.1 Å². The molecule has 2 N–H and O–H groups in total. The maximum atomic E-state index is 13.0. The fourth-order valence-electron chi connectivity index (χ4n) is 3.19. The van der Waals surface area contributed by atoms with Crippen molar-refractivity contribution in [1.82, 2.24) is 9.13 Å². The SMILES string of the molecule is Cn1c(N)c(N2CCCCC2)c(=O)n(Cc2ccc(C#N)cc2)c1=O. The smallest absolute Gasteiger partial charge is 0.332 e. The molecule has 1 aromatic carbocycles. The van der Waals surface area contributed by atoms with Gasteiger partial charge in [-0.25, -0.2) is 4.79 Å². The van der Waals surface area contributed by atoms with Crippen molar-refractivity contribution in [1.29, 1.82) is 5.26 Å². The average Bonchev–Trinajstić information content (AvgIpc) is 2.65. The van der Waals surface area contributed by atoms with Gasteiger partial charge in [0, 0.05) is 20.1 Å². The second-order valence-electron chi connectivity index (χ2n) is 6.32. The van der Waals surface area contributed by atoms with E-state index >= 15 is 0 Å². The lowest BCUT2D eigenvalue weighted by molar-refractivity contribution is 0.565. The van der Waals surface area contributed by atoms with Crippen LogP contribution in [0.1, 0.15) is 30.4 Å². The average molecular weight is 339 g/mol. The highest BCUT2D eigenvalue weighted by atomic mass is 16.2. The van der Waals surface area contributed by atoms with Crippen molar-refractivity contribution in [3.8, 4) is 6.07 Å². The lowest BCUT2D eigenvalue weighted by Crippen LogP contribution is -2.45. The summed E-state index contributed by atoms with van der Waals surface area (Å²) in [5.74, 6) is 0.216. The van der Waals surface area contributed by atoms with E-state index in [9.17, 15) is 9.59 Å². The quantitative estimate of drug-likeness (QED) is 0.901. The third-order valence-corrected chi connectivity index (χ3v) is 4.67. The van der Waals surface area contributed by atoms with E-state index in [1.54, 1.807) is 31.3 Å². The van der Waals surface area contributed by atoms with E-state index in [0.29, 0.717) is 11.3 Å². The Morgan fingerprint density at radius 1 is 1.12 bits per heavy atom. The molecule has 0 amide bonds. The topological polar surface area (TPSA) is 97.0 Å². The number of nitrogens with two attached hydrogens (primary N) is 1. The molecule has 1 aromatic heterocycles. The summed E-state index contributed by atoms with van der Waals surface area (Å²) in [7, 11) is 1.58. The minimum atomic E-state index is -0.437. The van der Waals surface area contributed by atoms with E-state index in [1.807, 2.05) is 4.90 Å². The summed E-state index contributed by atoms with van der Waals surface area (Å²) in [5.41, 5.74) is 7.03. The van der Waals surface area contributed by atoms with Crippen molar-refractivity contribution >= 4 is 11.5 Å². The summed E-state index contributed by atoms with van der Waals surface area (Å²) < 4.78 is 2.54. The van der Waals surface area contributed by atoms with Gasteiger partial charge in [0.05, 0.1) is 18.2 Å². The summed E-state index contributed by atoms with van der Waals surface area (Å²) >= 11 is 0. The van der Waals surface area contributed by atoms with Crippen molar-refractivity contribution in [2.75, 3.05) is 23.7 Å². The third-order valence-electron chi connectivity index (χ3n) is 4.67. The number of hydrogen-bond donors (Lipinski definition) is 1. The first-order valence-corrected chi connectivity index (χ1v) is 8.36. The molecule has 1 aliphatic rings. The summed E-state index contributed by atoms with van der Waals surface area (Å²) in [4.78, 5) is 27.5. The van der Waals surface area contributed by atoms with Crippen LogP contribution in [0.15, 0.2) is 33.9 Å². The Morgan fingerprint density at radius 3 is 2.36 bits per heavy atom. The summed E-state index contributed by atoms with van der Waals surface area (Å²) in [6.45, 7) is 1.70. The van der Waals surface area contributed by atoms with Crippen LogP contribution in [0, 0.1) is 11.3 Å². The lowest BCUT2D eigenvalue weighted by atomic mass is 10.1. The van der Waals surface area contributed by atoms with Gasteiger partial charge < -0.3 is 10.6 Å².